The quantitative estimate of drug-likeness (QED) is 0.385. The lowest BCUT2D eigenvalue weighted by Gasteiger charge is -2.35. The molecule has 27 heavy (non-hydrogen) atoms. The average Bonchev–Trinajstić information content (AvgIpc) is 2.72. The van der Waals surface area contributed by atoms with Crippen molar-refractivity contribution in [3.05, 3.63) is 111 Å². The number of non-ortho nitro benzene ring substituents is 1. The van der Waals surface area contributed by atoms with Gasteiger partial charge in [0.1, 0.15) is 0 Å². The maximum absolute atomic E-state index is 10.8. The molecule has 1 aliphatic rings. The number of hydrogen-bond donors (Lipinski definition) is 0. The molecule has 1 aliphatic heterocycles. The molecule has 0 aliphatic carbocycles. The van der Waals surface area contributed by atoms with Crippen LogP contribution in [0.1, 0.15) is 28.3 Å². The molecular weight excluding hydrogens is 338 g/mol. The second-order valence-corrected chi connectivity index (χ2v) is 6.59. The molecule has 5 nitrogen and oxygen atoms in total. The molecule has 0 bridgehead atoms. The number of hydrogen-bond acceptors (Lipinski definition) is 4. The average molecular weight is 357 g/mol. The SMILES string of the molecule is O=[N+]([O-])c1ccc(/C=N/N2Cc3ccccc3CC2c2ccccc2)cc1. The number of nitro benzene ring substituents is 1. The Morgan fingerprint density at radius 3 is 2.30 bits per heavy atom. The molecule has 3 aromatic carbocycles. The standard InChI is InChI=1S/C22H19N3O2/c26-25(27)21-12-10-17(11-13-21)15-23-24-16-20-9-5-4-8-19(20)14-22(24)18-6-2-1-3-7-18/h1-13,15,22H,14,16H2/b23-15+. The van der Waals surface area contributed by atoms with Gasteiger partial charge in [0.25, 0.3) is 5.69 Å². The van der Waals surface area contributed by atoms with Gasteiger partial charge in [0.2, 0.25) is 0 Å². The Morgan fingerprint density at radius 1 is 0.926 bits per heavy atom. The third kappa shape index (κ3) is 3.72. The first-order chi connectivity index (χ1) is 13.2. The Balaban J connectivity index is 1.62. The molecule has 5 heteroatoms. The Labute approximate surface area is 157 Å². The maximum Gasteiger partial charge on any atom is 0.269 e. The van der Waals surface area contributed by atoms with E-state index in [1.165, 1.54) is 28.8 Å². The second kappa shape index (κ2) is 7.41. The number of hydrazone groups is 1. The van der Waals surface area contributed by atoms with Gasteiger partial charge in [-0.2, -0.15) is 5.10 Å². The first-order valence-electron chi connectivity index (χ1n) is 8.87. The molecule has 0 spiro atoms. The van der Waals surface area contributed by atoms with Crippen molar-refractivity contribution < 1.29 is 4.92 Å². The van der Waals surface area contributed by atoms with Crippen molar-refractivity contribution in [2.45, 2.75) is 19.0 Å². The molecule has 0 radical (unpaired) electrons. The van der Waals surface area contributed by atoms with Gasteiger partial charge in [0, 0.05) is 12.1 Å². The van der Waals surface area contributed by atoms with Crippen molar-refractivity contribution in [2.75, 3.05) is 0 Å². The van der Waals surface area contributed by atoms with E-state index in [-0.39, 0.29) is 11.7 Å². The van der Waals surface area contributed by atoms with Crippen molar-refractivity contribution in [3.8, 4) is 0 Å². The second-order valence-electron chi connectivity index (χ2n) is 6.59. The summed E-state index contributed by atoms with van der Waals surface area (Å²) in [6, 6.07) is 25.4. The molecule has 0 aromatic heterocycles. The Bertz CT molecular complexity index is 968. The van der Waals surface area contributed by atoms with E-state index in [2.05, 4.69) is 41.4 Å². The molecule has 134 valence electrons. The smallest absolute Gasteiger partial charge is 0.269 e. The largest absolute Gasteiger partial charge is 0.285 e. The van der Waals surface area contributed by atoms with E-state index in [1.807, 2.05) is 18.2 Å². The van der Waals surface area contributed by atoms with Gasteiger partial charge in [-0.05, 0) is 40.8 Å². The summed E-state index contributed by atoms with van der Waals surface area (Å²) in [6.07, 6.45) is 2.67. The first kappa shape index (κ1) is 17.0. The highest BCUT2D eigenvalue weighted by molar-refractivity contribution is 5.79. The first-order valence-corrected chi connectivity index (χ1v) is 8.87. The van der Waals surface area contributed by atoms with E-state index < -0.39 is 4.92 Å². The van der Waals surface area contributed by atoms with Gasteiger partial charge in [0.05, 0.1) is 23.7 Å². The molecule has 0 saturated heterocycles. The van der Waals surface area contributed by atoms with Crippen LogP contribution in [-0.2, 0) is 13.0 Å². The van der Waals surface area contributed by atoms with E-state index >= 15 is 0 Å². The predicted molar refractivity (Wildman–Crippen MR) is 106 cm³/mol. The third-order valence-corrected chi connectivity index (χ3v) is 4.87. The van der Waals surface area contributed by atoms with Gasteiger partial charge in [-0.15, -0.1) is 0 Å². The highest BCUT2D eigenvalue weighted by Gasteiger charge is 2.26. The molecule has 1 unspecified atom stereocenters. The van der Waals surface area contributed by atoms with Crippen LogP contribution in [-0.4, -0.2) is 16.1 Å². The lowest BCUT2D eigenvalue weighted by molar-refractivity contribution is -0.384. The van der Waals surface area contributed by atoms with E-state index in [0.29, 0.717) is 0 Å². The summed E-state index contributed by atoms with van der Waals surface area (Å²) < 4.78 is 0. The van der Waals surface area contributed by atoms with Crippen molar-refractivity contribution in [1.29, 1.82) is 0 Å². The minimum atomic E-state index is -0.395. The van der Waals surface area contributed by atoms with Crippen LogP contribution in [0.25, 0.3) is 0 Å². The fraction of sp³-hybridized carbons (Fsp3) is 0.136. The number of benzene rings is 3. The molecule has 4 rings (SSSR count). The van der Waals surface area contributed by atoms with Gasteiger partial charge in [0.15, 0.2) is 0 Å². The van der Waals surface area contributed by atoms with Crippen molar-refractivity contribution in [2.24, 2.45) is 5.10 Å². The number of rotatable bonds is 4. The number of nitro groups is 1. The Morgan fingerprint density at radius 2 is 1.59 bits per heavy atom. The molecule has 0 fully saturated rings. The molecule has 0 saturated carbocycles. The van der Waals surface area contributed by atoms with Gasteiger partial charge in [-0.25, -0.2) is 0 Å². The summed E-state index contributed by atoms with van der Waals surface area (Å²) in [5.41, 5.74) is 4.79. The zero-order valence-electron chi connectivity index (χ0n) is 14.7. The summed E-state index contributed by atoms with van der Waals surface area (Å²) in [4.78, 5) is 10.4. The zero-order chi connectivity index (χ0) is 18.6. The summed E-state index contributed by atoms with van der Waals surface area (Å²) >= 11 is 0. The molecule has 1 heterocycles. The molecule has 1 atom stereocenters. The Kier molecular flexibility index (Phi) is 4.66. The summed E-state index contributed by atoms with van der Waals surface area (Å²) in [5.74, 6) is 0. The van der Waals surface area contributed by atoms with Crippen LogP contribution in [0.2, 0.25) is 0 Å². The fourth-order valence-electron chi connectivity index (χ4n) is 3.42. The monoisotopic (exact) mass is 357 g/mol. The molecule has 3 aromatic rings. The fourth-order valence-corrected chi connectivity index (χ4v) is 3.42. The van der Waals surface area contributed by atoms with Crippen LogP contribution in [0.15, 0.2) is 84.0 Å². The zero-order valence-corrected chi connectivity index (χ0v) is 14.7. The van der Waals surface area contributed by atoms with Gasteiger partial charge >= 0.3 is 0 Å². The van der Waals surface area contributed by atoms with Crippen LogP contribution < -0.4 is 0 Å². The van der Waals surface area contributed by atoms with Crippen LogP contribution in [0.5, 0.6) is 0 Å². The molecule has 0 N–H and O–H groups in total. The van der Waals surface area contributed by atoms with Crippen LogP contribution >= 0.6 is 0 Å². The maximum atomic E-state index is 10.8. The molecular formula is C22H19N3O2. The highest BCUT2D eigenvalue weighted by atomic mass is 16.6. The van der Waals surface area contributed by atoms with Crippen molar-refractivity contribution in [3.63, 3.8) is 0 Å². The highest BCUT2D eigenvalue weighted by Crippen LogP contribution is 2.33. The van der Waals surface area contributed by atoms with Gasteiger partial charge in [-0.3, -0.25) is 15.1 Å². The minimum absolute atomic E-state index is 0.0845. The normalized spacial score (nSPS) is 16.3. The summed E-state index contributed by atoms with van der Waals surface area (Å²) in [5, 5.41) is 17.6. The van der Waals surface area contributed by atoms with Crippen molar-refractivity contribution in [1.82, 2.24) is 5.01 Å². The summed E-state index contributed by atoms with van der Waals surface area (Å²) in [6.45, 7) is 0.735. The van der Waals surface area contributed by atoms with Gasteiger partial charge < -0.3 is 0 Å². The van der Waals surface area contributed by atoms with Crippen molar-refractivity contribution >= 4 is 11.9 Å². The van der Waals surface area contributed by atoms with E-state index in [0.717, 1.165) is 18.5 Å². The predicted octanol–water partition coefficient (Wildman–Crippen LogP) is 4.73. The third-order valence-electron chi connectivity index (χ3n) is 4.87. The van der Waals surface area contributed by atoms with Crippen LogP contribution in [0.4, 0.5) is 5.69 Å². The van der Waals surface area contributed by atoms with Crippen LogP contribution in [0.3, 0.4) is 0 Å². The van der Waals surface area contributed by atoms with Gasteiger partial charge in [-0.1, -0.05) is 54.6 Å². The van der Waals surface area contributed by atoms with E-state index in [9.17, 15) is 10.1 Å². The van der Waals surface area contributed by atoms with Crippen LogP contribution in [0, 0.1) is 10.1 Å². The molecule has 0 amide bonds. The number of fused-ring (bicyclic) bond motifs is 1. The topological polar surface area (TPSA) is 58.7 Å². The lowest BCUT2D eigenvalue weighted by Crippen LogP contribution is -2.30. The Hall–Kier alpha value is -3.47. The van der Waals surface area contributed by atoms with E-state index in [1.54, 1.807) is 18.3 Å². The minimum Gasteiger partial charge on any atom is -0.285 e. The van der Waals surface area contributed by atoms with E-state index in [4.69, 9.17) is 5.10 Å². The lowest BCUT2D eigenvalue weighted by atomic mass is 9.91. The summed E-state index contributed by atoms with van der Waals surface area (Å²) in [7, 11) is 0. The number of nitrogens with zero attached hydrogens (tertiary/aromatic N) is 3.